The van der Waals surface area contributed by atoms with E-state index in [2.05, 4.69) is 31.2 Å². The van der Waals surface area contributed by atoms with E-state index >= 15 is 0 Å². The van der Waals surface area contributed by atoms with Gasteiger partial charge in [-0.05, 0) is 31.9 Å². The Hall–Kier alpha value is -3.11. The number of nitrogens with zero attached hydrogens (tertiary/aromatic N) is 5. The molecule has 4 rings (SSSR count). The van der Waals surface area contributed by atoms with E-state index < -0.39 is 0 Å². The molecule has 0 saturated carbocycles. The van der Waals surface area contributed by atoms with E-state index in [4.69, 9.17) is 19.2 Å². The maximum atomic E-state index is 12.7. The maximum absolute atomic E-state index is 12.7. The molecule has 0 aliphatic carbocycles. The Labute approximate surface area is 199 Å². The standard InChI is InChI=1S/C24H32N6O4/c1-16(15-33-3)34-24-28-19(23(31)26-9-12-32-2)13-21(29-24)30-10-6-17(7-11-30)22-18-5-4-8-25-20(18)14-27-22/h4-5,8,13,16-17H,6-7,9-12,14-15H2,1-3H3,(H,26,31)/t16-/m1/s1. The average Bonchev–Trinajstić information content (AvgIpc) is 3.28. The molecule has 10 nitrogen and oxygen atoms in total. The lowest BCUT2D eigenvalue weighted by Crippen LogP contribution is -2.37. The molecule has 2 aliphatic heterocycles. The molecule has 0 aromatic carbocycles. The first-order chi connectivity index (χ1) is 16.6. The van der Waals surface area contributed by atoms with Crippen LogP contribution in [0.4, 0.5) is 5.82 Å². The second-order valence-electron chi connectivity index (χ2n) is 8.49. The van der Waals surface area contributed by atoms with Crippen LogP contribution in [0.1, 0.15) is 41.5 Å². The number of anilines is 1. The fraction of sp³-hybridized carbons (Fsp3) is 0.542. The van der Waals surface area contributed by atoms with Gasteiger partial charge in [0.05, 0.1) is 25.5 Å². The van der Waals surface area contributed by atoms with Gasteiger partial charge in [0.1, 0.15) is 17.6 Å². The highest BCUT2D eigenvalue weighted by Crippen LogP contribution is 2.30. The fourth-order valence-electron chi connectivity index (χ4n) is 4.32. The van der Waals surface area contributed by atoms with Gasteiger partial charge in [0.2, 0.25) is 0 Å². The van der Waals surface area contributed by atoms with Gasteiger partial charge in [-0.25, -0.2) is 0 Å². The van der Waals surface area contributed by atoms with E-state index in [1.807, 2.05) is 19.2 Å². The number of hydrogen-bond acceptors (Lipinski definition) is 9. The van der Waals surface area contributed by atoms with E-state index in [1.54, 1.807) is 20.3 Å². The number of methoxy groups -OCH3 is 2. The maximum Gasteiger partial charge on any atom is 0.319 e. The number of piperidine rings is 1. The van der Waals surface area contributed by atoms with Gasteiger partial charge in [-0.1, -0.05) is 0 Å². The van der Waals surface area contributed by atoms with Crippen molar-refractivity contribution in [3.05, 3.63) is 41.3 Å². The van der Waals surface area contributed by atoms with Crippen LogP contribution in [0.15, 0.2) is 29.4 Å². The lowest BCUT2D eigenvalue weighted by molar-refractivity contribution is 0.0841. The largest absolute Gasteiger partial charge is 0.458 e. The number of amides is 1. The fourth-order valence-corrected chi connectivity index (χ4v) is 4.32. The van der Waals surface area contributed by atoms with E-state index in [1.165, 1.54) is 11.3 Å². The molecule has 0 radical (unpaired) electrons. The van der Waals surface area contributed by atoms with E-state index in [0.29, 0.717) is 38.0 Å². The van der Waals surface area contributed by atoms with Crippen molar-refractivity contribution in [2.24, 2.45) is 10.9 Å². The zero-order valence-electron chi connectivity index (χ0n) is 20.0. The van der Waals surface area contributed by atoms with Crippen LogP contribution in [-0.4, -0.2) is 79.7 Å². The van der Waals surface area contributed by atoms with Crippen molar-refractivity contribution in [3.8, 4) is 6.01 Å². The van der Waals surface area contributed by atoms with Gasteiger partial charge < -0.3 is 24.4 Å². The van der Waals surface area contributed by atoms with Crippen LogP contribution in [0.25, 0.3) is 0 Å². The van der Waals surface area contributed by atoms with Gasteiger partial charge in [-0.2, -0.15) is 9.97 Å². The van der Waals surface area contributed by atoms with Crippen LogP contribution in [-0.2, 0) is 16.0 Å². The Balaban J connectivity index is 1.48. The first kappa shape index (κ1) is 24.0. The van der Waals surface area contributed by atoms with Gasteiger partial charge in [0.15, 0.2) is 0 Å². The van der Waals surface area contributed by atoms with E-state index in [-0.39, 0.29) is 23.7 Å². The number of aromatic nitrogens is 3. The highest BCUT2D eigenvalue weighted by Gasteiger charge is 2.29. The SMILES string of the molecule is COCCNC(=O)c1cc(N2CCC(C3=NCc4ncccc43)CC2)nc(O[C@H](C)COC)n1. The Morgan fingerprint density at radius 3 is 2.82 bits per heavy atom. The minimum absolute atomic E-state index is 0.168. The molecule has 1 amide bonds. The number of fused-ring (bicyclic) bond motifs is 1. The van der Waals surface area contributed by atoms with Crippen molar-refractivity contribution in [2.45, 2.75) is 32.4 Å². The third kappa shape index (κ3) is 5.68. The Morgan fingerprint density at radius 2 is 2.06 bits per heavy atom. The number of carbonyl (C=O) groups is 1. The summed E-state index contributed by atoms with van der Waals surface area (Å²) in [4.78, 5) is 33.0. The van der Waals surface area contributed by atoms with Crippen molar-refractivity contribution >= 4 is 17.4 Å². The van der Waals surface area contributed by atoms with Crippen LogP contribution in [0.5, 0.6) is 6.01 Å². The topological polar surface area (TPSA) is 111 Å². The molecule has 2 aromatic rings. The molecule has 34 heavy (non-hydrogen) atoms. The van der Waals surface area contributed by atoms with Crippen LogP contribution in [0, 0.1) is 5.92 Å². The molecule has 4 heterocycles. The number of aliphatic imine (C=N–C) groups is 1. The van der Waals surface area contributed by atoms with E-state index in [0.717, 1.165) is 31.6 Å². The number of carbonyl (C=O) groups excluding carboxylic acids is 1. The molecule has 10 heteroatoms. The molecular formula is C24H32N6O4. The molecule has 182 valence electrons. The summed E-state index contributed by atoms with van der Waals surface area (Å²) in [5.74, 6) is 0.780. The van der Waals surface area contributed by atoms with E-state index in [9.17, 15) is 4.79 Å². The van der Waals surface area contributed by atoms with Crippen molar-refractivity contribution in [2.75, 3.05) is 52.0 Å². The van der Waals surface area contributed by atoms with Crippen molar-refractivity contribution < 1.29 is 19.0 Å². The predicted molar refractivity (Wildman–Crippen MR) is 128 cm³/mol. The minimum Gasteiger partial charge on any atom is -0.458 e. The summed E-state index contributed by atoms with van der Waals surface area (Å²) in [6.07, 6.45) is 3.47. The third-order valence-electron chi connectivity index (χ3n) is 6.00. The Kier molecular flexibility index (Phi) is 8.02. The number of nitrogens with one attached hydrogen (secondary N) is 1. The summed E-state index contributed by atoms with van der Waals surface area (Å²) in [5.41, 5.74) is 3.68. The molecule has 1 fully saturated rings. The first-order valence-electron chi connectivity index (χ1n) is 11.6. The Bertz CT molecular complexity index is 1020. The zero-order valence-corrected chi connectivity index (χ0v) is 20.0. The monoisotopic (exact) mass is 468 g/mol. The minimum atomic E-state index is -0.288. The average molecular weight is 469 g/mol. The van der Waals surface area contributed by atoms with Crippen LogP contribution < -0.4 is 15.0 Å². The van der Waals surface area contributed by atoms with Gasteiger partial charge in [0.25, 0.3) is 5.91 Å². The summed E-state index contributed by atoms with van der Waals surface area (Å²) in [7, 11) is 3.20. The summed E-state index contributed by atoms with van der Waals surface area (Å²) in [6.45, 7) is 5.36. The number of hydrogen-bond donors (Lipinski definition) is 1. The molecule has 2 aliphatic rings. The molecule has 1 atom stereocenters. The molecule has 0 spiro atoms. The quantitative estimate of drug-likeness (QED) is 0.526. The van der Waals surface area contributed by atoms with Crippen LogP contribution >= 0.6 is 0 Å². The van der Waals surface area contributed by atoms with Gasteiger partial charge in [-0.15, -0.1) is 0 Å². The van der Waals surface area contributed by atoms with Crippen LogP contribution in [0.2, 0.25) is 0 Å². The molecular weight excluding hydrogens is 436 g/mol. The number of ether oxygens (including phenoxy) is 3. The molecule has 2 aromatic heterocycles. The van der Waals surface area contributed by atoms with Crippen molar-refractivity contribution in [1.29, 1.82) is 0 Å². The second kappa shape index (κ2) is 11.3. The third-order valence-corrected chi connectivity index (χ3v) is 6.00. The zero-order chi connectivity index (χ0) is 23.9. The number of pyridine rings is 1. The van der Waals surface area contributed by atoms with Crippen molar-refractivity contribution in [1.82, 2.24) is 20.3 Å². The summed E-state index contributed by atoms with van der Waals surface area (Å²) < 4.78 is 16.0. The first-order valence-corrected chi connectivity index (χ1v) is 11.6. The smallest absolute Gasteiger partial charge is 0.319 e. The van der Waals surface area contributed by atoms with Crippen molar-refractivity contribution in [3.63, 3.8) is 0 Å². The highest BCUT2D eigenvalue weighted by molar-refractivity contribution is 6.04. The summed E-state index contributed by atoms with van der Waals surface area (Å²) in [6, 6.07) is 5.98. The normalized spacial score (nSPS) is 16.7. The second-order valence-corrected chi connectivity index (χ2v) is 8.49. The highest BCUT2D eigenvalue weighted by atomic mass is 16.5. The Morgan fingerprint density at radius 1 is 1.24 bits per heavy atom. The van der Waals surface area contributed by atoms with Gasteiger partial charge >= 0.3 is 6.01 Å². The molecule has 0 bridgehead atoms. The predicted octanol–water partition coefficient (Wildman–Crippen LogP) is 1.88. The van der Waals surface area contributed by atoms with Crippen LogP contribution in [0.3, 0.4) is 0 Å². The lowest BCUT2D eigenvalue weighted by Gasteiger charge is -2.33. The lowest BCUT2D eigenvalue weighted by atomic mass is 9.88. The van der Waals surface area contributed by atoms with Gasteiger partial charge in [0, 0.05) is 63.3 Å². The summed E-state index contributed by atoms with van der Waals surface area (Å²) >= 11 is 0. The summed E-state index contributed by atoms with van der Waals surface area (Å²) in [5, 5.41) is 2.81. The molecule has 1 N–H and O–H groups in total. The molecule has 0 unspecified atom stereocenters. The molecule has 1 saturated heterocycles. The number of rotatable bonds is 10. The van der Waals surface area contributed by atoms with Gasteiger partial charge in [-0.3, -0.25) is 14.8 Å².